The molecule has 3 amide bonds. The van der Waals surface area contributed by atoms with Gasteiger partial charge in [-0.3, -0.25) is 14.4 Å². The van der Waals surface area contributed by atoms with Crippen LogP contribution in [-0.2, 0) is 11.3 Å². The molecule has 4 rings (SSSR count). The van der Waals surface area contributed by atoms with Crippen LogP contribution < -0.4 is 15.5 Å². The molecule has 0 bridgehead atoms. The van der Waals surface area contributed by atoms with E-state index >= 15 is 0 Å². The number of amides is 3. The van der Waals surface area contributed by atoms with E-state index in [1.54, 1.807) is 48.2 Å². The van der Waals surface area contributed by atoms with Crippen molar-refractivity contribution in [2.75, 3.05) is 36.4 Å². The van der Waals surface area contributed by atoms with Crippen molar-refractivity contribution in [1.29, 1.82) is 0 Å². The molecule has 0 saturated carbocycles. The van der Waals surface area contributed by atoms with E-state index in [2.05, 4.69) is 15.5 Å². The number of nitrogens with one attached hydrogen (secondary N) is 2. The van der Waals surface area contributed by atoms with Gasteiger partial charge in [-0.2, -0.15) is 0 Å². The summed E-state index contributed by atoms with van der Waals surface area (Å²) in [7, 11) is 0. The first-order valence-electron chi connectivity index (χ1n) is 12.0. The van der Waals surface area contributed by atoms with Crippen molar-refractivity contribution >= 4 is 29.1 Å². The Hall–Kier alpha value is -4.14. The number of hydrogen-bond donors (Lipinski definition) is 2. The Balaban J connectivity index is 1.53. The van der Waals surface area contributed by atoms with Crippen LogP contribution in [0.4, 0.5) is 15.8 Å². The fraction of sp³-hybridized carbons (Fsp3) is 0.296. The number of furan rings is 1. The minimum absolute atomic E-state index is 0.151. The van der Waals surface area contributed by atoms with E-state index in [0.717, 1.165) is 12.0 Å². The summed E-state index contributed by atoms with van der Waals surface area (Å²) in [6.45, 7) is 4.23. The Labute approximate surface area is 209 Å². The summed E-state index contributed by atoms with van der Waals surface area (Å²) in [4.78, 5) is 41.8. The molecule has 36 heavy (non-hydrogen) atoms. The highest BCUT2D eigenvalue weighted by molar-refractivity contribution is 6.02. The first-order chi connectivity index (χ1) is 17.4. The van der Waals surface area contributed by atoms with Gasteiger partial charge in [0, 0.05) is 50.5 Å². The maximum atomic E-state index is 13.3. The minimum Gasteiger partial charge on any atom is -0.459 e. The molecule has 0 unspecified atom stereocenters. The van der Waals surface area contributed by atoms with E-state index in [4.69, 9.17) is 4.42 Å². The molecule has 2 N–H and O–H groups in total. The van der Waals surface area contributed by atoms with E-state index in [9.17, 15) is 18.8 Å². The van der Waals surface area contributed by atoms with Gasteiger partial charge >= 0.3 is 0 Å². The van der Waals surface area contributed by atoms with Gasteiger partial charge in [0.05, 0.1) is 11.8 Å². The Morgan fingerprint density at radius 3 is 2.53 bits per heavy atom. The Morgan fingerprint density at radius 1 is 1.00 bits per heavy atom. The molecule has 1 aliphatic heterocycles. The average molecular weight is 493 g/mol. The van der Waals surface area contributed by atoms with Crippen LogP contribution in [-0.4, -0.2) is 48.8 Å². The van der Waals surface area contributed by atoms with Gasteiger partial charge in [-0.15, -0.1) is 0 Å². The first kappa shape index (κ1) is 25.0. The van der Waals surface area contributed by atoms with Gasteiger partial charge in [-0.05, 0) is 54.4 Å². The fourth-order valence-electron chi connectivity index (χ4n) is 4.12. The molecular formula is C27H29FN4O4. The van der Waals surface area contributed by atoms with Crippen LogP contribution in [0.3, 0.4) is 0 Å². The second-order valence-electron chi connectivity index (χ2n) is 8.55. The minimum atomic E-state index is -0.340. The predicted octanol–water partition coefficient (Wildman–Crippen LogP) is 4.05. The van der Waals surface area contributed by atoms with Gasteiger partial charge in [0.2, 0.25) is 5.91 Å². The zero-order chi connectivity index (χ0) is 25.5. The van der Waals surface area contributed by atoms with Gasteiger partial charge in [-0.25, -0.2) is 4.39 Å². The van der Waals surface area contributed by atoms with Crippen LogP contribution in [0.5, 0.6) is 0 Å². The van der Waals surface area contributed by atoms with Crippen molar-refractivity contribution in [2.45, 2.75) is 26.3 Å². The maximum absolute atomic E-state index is 13.3. The Morgan fingerprint density at radius 2 is 1.81 bits per heavy atom. The summed E-state index contributed by atoms with van der Waals surface area (Å²) in [5.74, 6) is -0.651. The number of benzene rings is 2. The summed E-state index contributed by atoms with van der Waals surface area (Å²) < 4.78 is 18.5. The monoisotopic (exact) mass is 492 g/mol. The molecule has 3 aromatic rings. The van der Waals surface area contributed by atoms with Crippen molar-refractivity contribution in [3.8, 4) is 0 Å². The lowest BCUT2D eigenvalue weighted by atomic mass is 10.1. The first-order valence-corrected chi connectivity index (χ1v) is 12.0. The number of halogens is 1. The molecule has 1 fully saturated rings. The average Bonchev–Trinajstić information content (AvgIpc) is 3.32. The molecule has 0 spiro atoms. The third kappa shape index (κ3) is 6.10. The molecule has 1 aromatic heterocycles. The number of anilines is 2. The van der Waals surface area contributed by atoms with E-state index in [1.807, 2.05) is 6.07 Å². The highest BCUT2D eigenvalue weighted by Crippen LogP contribution is 2.26. The van der Waals surface area contributed by atoms with Crippen LogP contribution in [0.25, 0.3) is 0 Å². The topological polar surface area (TPSA) is 94.9 Å². The zero-order valence-corrected chi connectivity index (χ0v) is 20.1. The standard InChI is InChI=1S/C27H29FN4O4/c1-2-25(33)30-21-10-11-23(22(17-21)26(34)29-18-19-6-8-20(28)9-7-19)31-12-4-13-32(15-14-31)27(35)24-5-3-16-36-24/h3,5-11,16-17H,2,4,12-15,18H2,1H3,(H,29,34)(H,30,33). The fourth-order valence-corrected chi connectivity index (χ4v) is 4.12. The molecule has 2 aromatic carbocycles. The van der Waals surface area contributed by atoms with E-state index in [1.165, 1.54) is 18.4 Å². The third-order valence-corrected chi connectivity index (χ3v) is 6.07. The maximum Gasteiger partial charge on any atom is 0.289 e. The zero-order valence-electron chi connectivity index (χ0n) is 20.1. The molecular weight excluding hydrogens is 463 g/mol. The summed E-state index contributed by atoms with van der Waals surface area (Å²) in [5, 5.41) is 5.70. The second kappa shape index (κ2) is 11.5. The largest absolute Gasteiger partial charge is 0.459 e. The quantitative estimate of drug-likeness (QED) is 0.519. The Kier molecular flexibility index (Phi) is 7.99. The summed E-state index contributed by atoms with van der Waals surface area (Å²) in [5.41, 5.74) is 2.43. The van der Waals surface area contributed by atoms with Crippen molar-refractivity contribution in [2.24, 2.45) is 0 Å². The van der Waals surface area contributed by atoms with Crippen molar-refractivity contribution < 1.29 is 23.2 Å². The van der Waals surface area contributed by atoms with Crippen molar-refractivity contribution in [3.63, 3.8) is 0 Å². The van der Waals surface area contributed by atoms with E-state index in [0.29, 0.717) is 55.3 Å². The molecule has 9 heteroatoms. The lowest BCUT2D eigenvalue weighted by molar-refractivity contribution is -0.115. The highest BCUT2D eigenvalue weighted by atomic mass is 19.1. The molecule has 188 valence electrons. The smallest absolute Gasteiger partial charge is 0.289 e. The van der Waals surface area contributed by atoms with Crippen molar-refractivity contribution in [1.82, 2.24) is 10.2 Å². The molecule has 0 radical (unpaired) electrons. The lowest BCUT2D eigenvalue weighted by Gasteiger charge is -2.26. The number of hydrogen-bond acceptors (Lipinski definition) is 5. The van der Waals surface area contributed by atoms with Crippen molar-refractivity contribution in [3.05, 3.63) is 83.6 Å². The van der Waals surface area contributed by atoms with Gasteiger partial charge in [0.15, 0.2) is 5.76 Å². The lowest BCUT2D eigenvalue weighted by Crippen LogP contribution is -2.35. The number of nitrogens with zero attached hydrogens (tertiary/aromatic N) is 2. The van der Waals surface area contributed by atoms with Crippen LogP contribution in [0.2, 0.25) is 0 Å². The third-order valence-electron chi connectivity index (χ3n) is 6.07. The van der Waals surface area contributed by atoms with E-state index < -0.39 is 0 Å². The number of rotatable bonds is 7. The molecule has 1 aliphatic rings. The number of carbonyl (C=O) groups excluding carboxylic acids is 3. The van der Waals surface area contributed by atoms with Gasteiger partial charge < -0.3 is 24.9 Å². The predicted molar refractivity (Wildman–Crippen MR) is 134 cm³/mol. The SMILES string of the molecule is CCC(=O)Nc1ccc(N2CCCN(C(=O)c3ccco3)CC2)c(C(=O)NCc2ccc(F)cc2)c1. The molecule has 2 heterocycles. The molecule has 0 aliphatic carbocycles. The summed E-state index contributed by atoms with van der Waals surface area (Å²) in [6.07, 6.45) is 2.52. The molecule has 1 saturated heterocycles. The summed E-state index contributed by atoms with van der Waals surface area (Å²) in [6, 6.07) is 14.5. The van der Waals surface area contributed by atoms with Crippen LogP contribution in [0.15, 0.2) is 65.3 Å². The van der Waals surface area contributed by atoms with Gasteiger partial charge in [0.1, 0.15) is 5.82 Å². The van der Waals surface area contributed by atoms with Gasteiger partial charge in [-0.1, -0.05) is 19.1 Å². The molecule has 0 atom stereocenters. The normalized spacial score (nSPS) is 13.7. The number of carbonyl (C=O) groups is 3. The highest BCUT2D eigenvalue weighted by Gasteiger charge is 2.24. The molecule has 8 nitrogen and oxygen atoms in total. The van der Waals surface area contributed by atoms with Crippen LogP contribution in [0.1, 0.15) is 46.2 Å². The summed E-state index contributed by atoms with van der Waals surface area (Å²) >= 11 is 0. The van der Waals surface area contributed by atoms with E-state index in [-0.39, 0.29) is 30.1 Å². The Bertz CT molecular complexity index is 1210. The van der Waals surface area contributed by atoms with Gasteiger partial charge in [0.25, 0.3) is 11.8 Å². The van der Waals surface area contributed by atoms with Crippen LogP contribution in [0, 0.1) is 5.82 Å². The van der Waals surface area contributed by atoms with Crippen LogP contribution >= 0.6 is 0 Å². The second-order valence-corrected chi connectivity index (χ2v) is 8.55.